The van der Waals surface area contributed by atoms with Crippen LogP contribution in [-0.2, 0) is 21.5 Å². The van der Waals surface area contributed by atoms with Gasteiger partial charge in [-0.25, -0.2) is 9.80 Å². The van der Waals surface area contributed by atoms with E-state index in [1.54, 1.807) is 25.3 Å². The van der Waals surface area contributed by atoms with Crippen LogP contribution in [0.25, 0.3) is 0 Å². The summed E-state index contributed by atoms with van der Waals surface area (Å²) in [6.07, 6.45) is 4.02. The van der Waals surface area contributed by atoms with Gasteiger partial charge in [0.15, 0.2) is 0 Å². The van der Waals surface area contributed by atoms with Gasteiger partial charge in [0.1, 0.15) is 23.6 Å². The monoisotopic (exact) mass is 490 g/mol. The average molecular weight is 491 g/mol. The summed E-state index contributed by atoms with van der Waals surface area (Å²) in [6, 6.07) is 14.2. The number of aryl methyl sites for hydroxylation is 1. The molecule has 8 nitrogen and oxygen atoms in total. The molecule has 3 aromatic rings. The van der Waals surface area contributed by atoms with E-state index in [2.05, 4.69) is 17.3 Å². The predicted octanol–water partition coefficient (Wildman–Crippen LogP) is 4.44. The smallest absolute Gasteiger partial charge is 0.325 e. The van der Waals surface area contributed by atoms with Crippen LogP contribution in [-0.4, -0.2) is 40.0 Å². The van der Waals surface area contributed by atoms with E-state index in [-0.39, 0.29) is 6.04 Å². The second-order valence-corrected chi connectivity index (χ2v) is 9.87. The van der Waals surface area contributed by atoms with Gasteiger partial charge in [-0.05, 0) is 48.1 Å². The maximum atomic E-state index is 13.4. The number of hydrogen-bond donors (Lipinski definition) is 1. The molecular formula is C26H26N4O4S. The number of rotatable bonds is 7. The highest BCUT2D eigenvalue weighted by atomic mass is 32.1. The van der Waals surface area contributed by atoms with Crippen molar-refractivity contribution in [3.05, 3.63) is 81.9 Å². The summed E-state index contributed by atoms with van der Waals surface area (Å²) < 4.78 is 5.48. The number of urea groups is 1. The first-order valence-electron chi connectivity index (χ1n) is 11.6. The molecule has 35 heavy (non-hydrogen) atoms. The summed E-state index contributed by atoms with van der Waals surface area (Å²) in [6.45, 7) is 3.38. The van der Waals surface area contributed by atoms with Crippen LogP contribution >= 0.6 is 11.3 Å². The summed E-state index contributed by atoms with van der Waals surface area (Å²) >= 11 is 1.53. The molecule has 180 valence electrons. The number of imide groups is 1. The molecule has 1 aromatic carbocycles. The minimum absolute atomic E-state index is 0.319. The molecule has 2 aliphatic heterocycles. The third kappa shape index (κ3) is 4.16. The van der Waals surface area contributed by atoms with Crippen LogP contribution in [0.5, 0.6) is 0 Å². The van der Waals surface area contributed by atoms with Gasteiger partial charge in [-0.1, -0.05) is 43.7 Å². The molecule has 4 amide bonds. The van der Waals surface area contributed by atoms with E-state index in [0.29, 0.717) is 23.5 Å². The number of carbonyl (C=O) groups is 3. The standard InChI is InChI=1S/C26H26N4O4S/c1-3-6-17-9-11-18(12-10-17)26(2)24(32)29(25(33)27-26)16-23(31)30-20(22-8-5-14-35-22)15-19(28-30)21-7-4-13-34-21/h4-5,7-14,20H,3,6,15-16H2,1-2H3,(H,27,33). The maximum Gasteiger partial charge on any atom is 0.325 e. The van der Waals surface area contributed by atoms with Crippen LogP contribution in [0.1, 0.15) is 54.5 Å². The van der Waals surface area contributed by atoms with Gasteiger partial charge in [-0.15, -0.1) is 11.3 Å². The van der Waals surface area contributed by atoms with E-state index >= 15 is 0 Å². The first-order chi connectivity index (χ1) is 16.9. The average Bonchev–Trinajstić information content (AvgIpc) is 3.64. The van der Waals surface area contributed by atoms with Crippen molar-refractivity contribution in [2.24, 2.45) is 5.10 Å². The van der Waals surface area contributed by atoms with E-state index < -0.39 is 29.9 Å². The van der Waals surface area contributed by atoms with Gasteiger partial charge >= 0.3 is 6.03 Å². The molecular weight excluding hydrogens is 464 g/mol. The molecule has 9 heteroatoms. The van der Waals surface area contributed by atoms with Crippen LogP contribution in [0.3, 0.4) is 0 Å². The Bertz CT molecular complexity index is 1270. The zero-order valence-electron chi connectivity index (χ0n) is 19.6. The maximum absolute atomic E-state index is 13.4. The molecule has 5 rings (SSSR count). The molecule has 0 saturated carbocycles. The Kier molecular flexibility index (Phi) is 6.02. The lowest BCUT2D eigenvalue weighted by molar-refractivity contribution is -0.139. The lowest BCUT2D eigenvalue weighted by Gasteiger charge is -2.24. The number of nitrogens with one attached hydrogen (secondary N) is 1. The SMILES string of the molecule is CCCc1ccc(C2(C)NC(=O)N(CC(=O)N3N=C(c4ccco4)CC3c3cccs3)C2=O)cc1. The topological polar surface area (TPSA) is 95.2 Å². The summed E-state index contributed by atoms with van der Waals surface area (Å²) in [5, 5.41) is 10.6. The third-order valence-corrected chi connectivity index (χ3v) is 7.45. The number of carbonyl (C=O) groups excluding carboxylic acids is 3. The fourth-order valence-electron chi connectivity index (χ4n) is 4.57. The van der Waals surface area contributed by atoms with Gasteiger partial charge in [0.05, 0.1) is 12.3 Å². The highest BCUT2D eigenvalue weighted by Crippen LogP contribution is 2.36. The molecule has 0 radical (unpaired) electrons. The second kappa shape index (κ2) is 9.14. The molecule has 2 aliphatic rings. The normalized spacial score (nSPS) is 22.0. The number of hydrazone groups is 1. The van der Waals surface area contributed by atoms with Crippen LogP contribution < -0.4 is 5.32 Å². The van der Waals surface area contributed by atoms with Crippen molar-refractivity contribution >= 4 is 34.9 Å². The Labute approximate surface area is 207 Å². The minimum Gasteiger partial charge on any atom is -0.463 e. The molecule has 1 N–H and O–H groups in total. The Morgan fingerprint density at radius 2 is 2.00 bits per heavy atom. The molecule has 2 aromatic heterocycles. The van der Waals surface area contributed by atoms with E-state index in [0.717, 1.165) is 22.6 Å². The van der Waals surface area contributed by atoms with E-state index in [9.17, 15) is 14.4 Å². The van der Waals surface area contributed by atoms with Crippen LogP contribution in [0.2, 0.25) is 0 Å². The van der Waals surface area contributed by atoms with Crippen molar-refractivity contribution in [3.63, 3.8) is 0 Å². The molecule has 2 unspecified atom stereocenters. The van der Waals surface area contributed by atoms with Crippen molar-refractivity contribution < 1.29 is 18.8 Å². The zero-order chi connectivity index (χ0) is 24.6. The number of furan rings is 1. The van der Waals surface area contributed by atoms with Gasteiger partial charge < -0.3 is 9.73 Å². The summed E-state index contributed by atoms with van der Waals surface area (Å²) in [4.78, 5) is 41.6. The molecule has 2 atom stereocenters. The van der Waals surface area contributed by atoms with Gasteiger partial charge in [-0.2, -0.15) is 5.10 Å². The van der Waals surface area contributed by atoms with E-state index in [4.69, 9.17) is 4.42 Å². The predicted molar refractivity (Wildman–Crippen MR) is 132 cm³/mol. The molecule has 1 saturated heterocycles. The Balaban J connectivity index is 1.37. The van der Waals surface area contributed by atoms with Crippen LogP contribution in [0.4, 0.5) is 4.79 Å². The number of hydrogen-bond acceptors (Lipinski definition) is 6. The van der Waals surface area contributed by atoms with Gasteiger partial charge in [0.25, 0.3) is 11.8 Å². The Morgan fingerprint density at radius 3 is 2.66 bits per heavy atom. The Morgan fingerprint density at radius 1 is 1.20 bits per heavy atom. The highest BCUT2D eigenvalue weighted by molar-refractivity contribution is 7.10. The largest absolute Gasteiger partial charge is 0.463 e. The van der Waals surface area contributed by atoms with Crippen LogP contribution in [0.15, 0.2) is 69.7 Å². The third-order valence-electron chi connectivity index (χ3n) is 6.48. The number of amides is 4. The highest BCUT2D eigenvalue weighted by Gasteiger charge is 2.50. The summed E-state index contributed by atoms with van der Waals surface area (Å²) in [5.41, 5.74) is 1.27. The lowest BCUT2D eigenvalue weighted by Crippen LogP contribution is -2.43. The summed E-state index contributed by atoms with van der Waals surface area (Å²) in [7, 11) is 0. The quantitative estimate of drug-likeness (QED) is 0.496. The van der Waals surface area contributed by atoms with Gasteiger partial charge in [-0.3, -0.25) is 14.5 Å². The molecule has 0 spiro atoms. The van der Waals surface area contributed by atoms with Crippen molar-refractivity contribution in [1.82, 2.24) is 15.2 Å². The molecule has 0 bridgehead atoms. The van der Waals surface area contributed by atoms with Crippen molar-refractivity contribution in [3.8, 4) is 0 Å². The fraction of sp³-hybridized carbons (Fsp3) is 0.308. The van der Waals surface area contributed by atoms with E-state index in [1.807, 2.05) is 41.8 Å². The van der Waals surface area contributed by atoms with Gasteiger partial charge in [0, 0.05) is 11.3 Å². The fourth-order valence-corrected chi connectivity index (χ4v) is 5.38. The minimum atomic E-state index is -1.23. The molecule has 4 heterocycles. The van der Waals surface area contributed by atoms with Crippen molar-refractivity contribution in [2.45, 2.75) is 44.7 Å². The Hall–Kier alpha value is -3.72. The van der Waals surface area contributed by atoms with Crippen LogP contribution in [0, 0.1) is 0 Å². The summed E-state index contributed by atoms with van der Waals surface area (Å²) in [5.74, 6) is -0.298. The molecule has 0 aliphatic carbocycles. The lowest BCUT2D eigenvalue weighted by atomic mass is 9.91. The first kappa shape index (κ1) is 23.0. The van der Waals surface area contributed by atoms with Crippen molar-refractivity contribution in [2.75, 3.05) is 6.54 Å². The molecule has 1 fully saturated rings. The number of nitrogens with zero attached hydrogens (tertiary/aromatic N) is 3. The zero-order valence-corrected chi connectivity index (χ0v) is 20.4. The number of benzene rings is 1. The second-order valence-electron chi connectivity index (χ2n) is 8.89. The van der Waals surface area contributed by atoms with Gasteiger partial charge in [0.2, 0.25) is 0 Å². The number of thiophene rings is 1. The van der Waals surface area contributed by atoms with Crippen molar-refractivity contribution in [1.29, 1.82) is 0 Å². The first-order valence-corrected chi connectivity index (χ1v) is 12.5. The van der Waals surface area contributed by atoms with E-state index in [1.165, 1.54) is 21.9 Å².